The summed E-state index contributed by atoms with van der Waals surface area (Å²) in [6, 6.07) is 9.38. The zero-order valence-electron chi connectivity index (χ0n) is 11.8. The van der Waals surface area contributed by atoms with E-state index in [0.717, 1.165) is 22.9 Å². The van der Waals surface area contributed by atoms with E-state index >= 15 is 0 Å². The van der Waals surface area contributed by atoms with Crippen LogP contribution in [0.3, 0.4) is 0 Å². The van der Waals surface area contributed by atoms with Crippen LogP contribution in [0.1, 0.15) is 19.5 Å². The molecule has 0 aliphatic carbocycles. The molecule has 0 aliphatic heterocycles. The highest BCUT2D eigenvalue weighted by Gasteiger charge is 2.06. The molecular weight excluding hydrogens is 252 g/mol. The quantitative estimate of drug-likeness (QED) is 0.895. The fourth-order valence-electron chi connectivity index (χ4n) is 1.59. The van der Waals surface area contributed by atoms with Gasteiger partial charge in [-0.1, -0.05) is 13.8 Å². The van der Waals surface area contributed by atoms with Crippen LogP contribution in [0.15, 0.2) is 36.7 Å². The van der Waals surface area contributed by atoms with E-state index in [0.29, 0.717) is 0 Å². The van der Waals surface area contributed by atoms with E-state index in [1.165, 1.54) is 6.33 Å². The SMILES string of the molecule is Cc1cc(Nc2ccc(NC(=O)C(C)C)cc2)ncn1. The van der Waals surface area contributed by atoms with Gasteiger partial charge in [0.05, 0.1) is 0 Å². The minimum Gasteiger partial charge on any atom is -0.340 e. The fourth-order valence-corrected chi connectivity index (χ4v) is 1.59. The summed E-state index contributed by atoms with van der Waals surface area (Å²) in [4.78, 5) is 19.8. The zero-order chi connectivity index (χ0) is 14.5. The molecule has 2 aromatic rings. The van der Waals surface area contributed by atoms with Gasteiger partial charge in [-0.2, -0.15) is 0 Å². The number of carbonyl (C=O) groups excluding carboxylic acids is 1. The summed E-state index contributed by atoms with van der Waals surface area (Å²) < 4.78 is 0. The number of amides is 1. The molecule has 0 fully saturated rings. The number of nitrogens with zero attached hydrogens (tertiary/aromatic N) is 2. The van der Waals surface area contributed by atoms with Gasteiger partial charge in [0.15, 0.2) is 0 Å². The Labute approximate surface area is 118 Å². The molecule has 0 atom stereocenters. The summed E-state index contributed by atoms with van der Waals surface area (Å²) >= 11 is 0. The van der Waals surface area contributed by atoms with Crippen LogP contribution in [0.2, 0.25) is 0 Å². The maximum Gasteiger partial charge on any atom is 0.226 e. The Hall–Kier alpha value is -2.43. The Bertz CT molecular complexity index is 593. The summed E-state index contributed by atoms with van der Waals surface area (Å²) in [5.41, 5.74) is 2.60. The van der Waals surface area contributed by atoms with Gasteiger partial charge in [-0.15, -0.1) is 0 Å². The lowest BCUT2D eigenvalue weighted by molar-refractivity contribution is -0.118. The molecule has 2 rings (SSSR count). The predicted octanol–water partition coefficient (Wildman–Crippen LogP) is 3.12. The lowest BCUT2D eigenvalue weighted by atomic mass is 10.2. The number of hydrogen-bond donors (Lipinski definition) is 2. The first-order chi connectivity index (χ1) is 9.54. The predicted molar refractivity (Wildman–Crippen MR) is 80.0 cm³/mol. The third-order valence-electron chi connectivity index (χ3n) is 2.75. The van der Waals surface area contributed by atoms with Gasteiger partial charge >= 0.3 is 0 Å². The molecule has 0 unspecified atom stereocenters. The van der Waals surface area contributed by atoms with Crippen molar-refractivity contribution in [2.75, 3.05) is 10.6 Å². The molecule has 0 radical (unpaired) electrons. The Morgan fingerprint density at radius 3 is 2.35 bits per heavy atom. The average Bonchev–Trinajstić information content (AvgIpc) is 2.41. The van der Waals surface area contributed by atoms with Crippen molar-refractivity contribution < 1.29 is 4.79 Å². The van der Waals surface area contributed by atoms with Crippen molar-refractivity contribution in [2.24, 2.45) is 5.92 Å². The van der Waals surface area contributed by atoms with Gasteiger partial charge in [-0.25, -0.2) is 9.97 Å². The van der Waals surface area contributed by atoms with Crippen LogP contribution in [0.5, 0.6) is 0 Å². The lowest BCUT2D eigenvalue weighted by Crippen LogP contribution is -2.17. The van der Waals surface area contributed by atoms with E-state index < -0.39 is 0 Å². The minimum atomic E-state index is -0.0307. The van der Waals surface area contributed by atoms with Crippen molar-refractivity contribution in [3.8, 4) is 0 Å². The number of anilines is 3. The second kappa shape index (κ2) is 6.14. The van der Waals surface area contributed by atoms with Gasteiger partial charge < -0.3 is 10.6 Å². The molecule has 5 nitrogen and oxygen atoms in total. The highest BCUT2D eigenvalue weighted by Crippen LogP contribution is 2.18. The van der Waals surface area contributed by atoms with E-state index in [-0.39, 0.29) is 11.8 Å². The van der Waals surface area contributed by atoms with E-state index in [1.54, 1.807) is 0 Å². The van der Waals surface area contributed by atoms with Crippen molar-refractivity contribution in [2.45, 2.75) is 20.8 Å². The molecule has 0 bridgehead atoms. The molecule has 1 amide bonds. The summed E-state index contributed by atoms with van der Waals surface area (Å²) in [6.45, 7) is 5.64. The van der Waals surface area contributed by atoms with Gasteiger partial charge in [0.25, 0.3) is 0 Å². The van der Waals surface area contributed by atoms with Crippen LogP contribution in [0.4, 0.5) is 17.2 Å². The van der Waals surface area contributed by atoms with Gasteiger partial charge in [0.2, 0.25) is 5.91 Å². The third-order valence-corrected chi connectivity index (χ3v) is 2.75. The molecule has 104 valence electrons. The van der Waals surface area contributed by atoms with E-state index in [4.69, 9.17) is 0 Å². The highest BCUT2D eigenvalue weighted by molar-refractivity contribution is 5.92. The van der Waals surface area contributed by atoms with Crippen molar-refractivity contribution in [3.05, 3.63) is 42.4 Å². The molecule has 0 spiro atoms. The molecule has 1 aromatic heterocycles. The van der Waals surface area contributed by atoms with Gasteiger partial charge in [0, 0.05) is 29.1 Å². The van der Waals surface area contributed by atoms with Crippen LogP contribution >= 0.6 is 0 Å². The maximum absolute atomic E-state index is 11.6. The Morgan fingerprint density at radius 2 is 1.75 bits per heavy atom. The topological polar surface area (TPSA) is 66.9 Å². The van der Waals surface area contributed by atoms with Gasteiger partial charge in [-0.3, -0.25) is 4.79 Å². The van der Waals surface area contributed by atoms with Crippen LogP contribution in [0, 0.1) is 12.8 Å². The fraction of sp³-hybridized carbons (Fsp3) is 0.267. The second-order valence-corrected chi connectivity index (χ2v) is 4.89. The van der Waals surface area contributed by atoms with Crippen LogP contribution < -0.4 is 10.6 Å². The molecule has 5 heteroatoms. The summed E-state index contributed by atoms with van der Waals surface area (Å²) in [6.07, 6.45) is 1.52. The first-order valence-corrected chi connectivity index (χ1v) is 6.51. The Balaban J connectivity index is 2.03. The first kappa shape index (κ1) is 14.0. The lowest BCUT2D eigenvalue weighted by Gasteiger charge is -2.09. The molecule has 0 saturated heterocycles. The van der Waals surface area contributed by atoms with Crippen molar-refractivity contribution in [1.82, 2.24) is 9.97 Å². The number of benzene rings is 1. The molecular formula is C15H18N4O. The van der Waals surface area contributed by atoms with Gasteiger partial charge in [-0.05, 0) is 31.2 Å². The summed E-state index contributed by atoms with van der Waals surface area (Å²) in [5.74, 6) is 0.727. The summed E-state index contributed by atoms with van der Waals surface area (Å²) in [5, 5.41) is 6.03. The number of nitrogens with one attached hydrogen (secondary N) is 2. The highest BCUT2D eigenvalue weighted by atomic mass is 16.1. The van der Waals surface area contributed by atoms with E-state index in [9.17, 15) is 4.79 Å². The van der Waals surface area contributed by atoms with Crippen molar-refractivity contribution in [1.29, 1.82) is 0 Å². The van der Waals surface area contributed by atoms with Crippen molar-refractivity contribution in [3.63, 3.8) is 0 Å². The monoisotopic (exact) mass is 270 g/mol. The molecule has 0 saturated carbocycles. The average molecular weight is 270 g/mol. The molecule has 20 heavy (non-hydrogen) atoms. The molecule has 1 aromatic carbocycles. The van der Waals surface area contributed by atoms with E-state index in [2.05, 4.69) is 20.6 Å². The molecule has 0 aliphatic rings. The summed E-state index contributed by atoms with van der Waals surface area (Å²) in [7, 11) is 0. The minimum absolute atomic E-state index is 0.0112. The number of aryl methyl sites for hydroxylation is 1. The van der Waals surface area contributed by atoms with Crippen LogP contribution in [-0.4, -0.2) is 15.9 Å². The van der Waals surface area contributed by atoms with Crippen molar-refractivity contribution >= 4 is 23.1 Å². The van der Waals surface area contributed by atoms with Crippen LogP contribution in [0.25, 0.3) is 0 Å². The molecule has 1 heterocycles. The maximum atomic E-state index is 11.6. The van der Waals surface area contributed by atoms with Gasteiger partial charge in [0.1, 0.15) is 12.1 Å². The smallest absolute Gasteiger partial charge is 0.226 e. The number of aromatic nitrogens is 2. The second-order valence-electron chi connectivity index (χ2n) is 4.89. The Morgan fingerprint density at radius 1 is 1.10 bits per heavy atom. The number of hydrogen-bond acceptors (Lipinski definition) is 4. The largest absolute Gasteiger partial charge is 0.340 e. The standard InChI is InChI=1S/C15H18N4O/c1-10(2)15(20)19-13-6-4-12(5-7-13)18-14-8-11(3)16-9-17-14/h4-10H,1-3H3,(H,19,20)(H,16,17,18). The first-order valence-electron chi connectivity index (χ1n) is 6.51. The third kappa shape index (κ3) is 3.78. The Kier molecular flexibility index (Phi) is 4.30. The van der Waals surface area contributed by atoms with E-state index in [1.807, 2.05) is 51.1 Å². The normalized spacial score (nSPS) is 10.4. The molecule has 2 N–H and O–H groups in total. The number of carbonyl (C=O) groups is 1. The zero-order valence-corrected chi connectivity index (χ0v) is 11.8. The number of rotatable bonds is 4. The van der Waals surface area contributed by atoms with Crippen LogP contribution in [-0.2, 0) is 4.79 Å².